The van der Waals surface area contributed by atoms with Crippen molar-refractivity contribution in [3.8, 4) is 17.3 Å². The maximum absolute atomic E-state index is 12.8. The molecule has 0 saturated carbocycles. The standard InChI is InChI=1S/C22H21N7O2/c1-15(2)29-14-25-28-21(29)19-7-4-8-20(26-19)27-22(30)17-5-3-6-18(11-17)31-13-16-9-10-23-24-12-16/h3-12,14-15H,13H2,1-2H3,(H,26,27,30). The third-order valence-electron chi connectivity index (χ3n) is 4.50. The summed E-state index contributed by atoms with van der Waals surface area (Å²) in [5.74, 6) is 1.37. The fourth-order valence-corrected chi connectivity index (χ4v) is 2.92. The van der Waals surface area contributed by atoms with Gasteiger partial charge in [-0.1, -0.05) is 12.1 Å². The number of aromatic nitrogens is 6. The van der Waals surface area contributed by atoms with E-state index in [4.69, 9.17) is 4.74 Å². The van der Waals surface area contributed by atoms with Gasteiger partial charge in [-0.05, 0) is 50.2 Å². The molecule has 0 unspecified atom stereocenters. The molecule has 1 amide bonds. The number of ether oxygens (including phenoxy) is 1. The zero-order valence-electron chi connectivity index (χ0n) is 17.1. The molecule has 4 aromatic rings. The zero-order chi connectivity index (χ0) is 21.6. The van der Waals surface area contributed by atoms with E-state index in [0.29, 0.717) is 35.3 Å². The molecule has 1 N–H and O–H groups in total. The SMILES string of the molecule is CC(C)n1cnnc1-c1cccc(NC(=O)c2cccc(OCc3ccnnc3)c2)n1. The Hall–Kier alpha value is -4.14. The van der Waals surface area contributed by atoms with Crippen molar-refractivity contribution in [3.63, 3.8) is 0 Å². The number of benzene rings is 1. The summed E-state index contributed by atoms with van der Waals surface area (Å²) in [5, 5.41) is 18.5. The number of rotatable bonds is 7. The minimum Gasteiger partial charge on any atom is -0.489 e. The number of carbonyl (C=O) groups is 1. The van der Waals surface area contributed by atoms with E-state index in [0.717, 1.165) is 5.56 Å². The van der Waals surface area contributed by atoms with E-state index in [1.54, 1.807) is 49.1 Å². The molecule has 31 heavy (non-hydrogen) atoms. The van der Waals surface area contributed by atoms with Crippen LogP contribution >= 0.6 is 0 Å². The lowest BCUT2D eigenvalue weighted by molar-refractivity contribution is 0.102. The Morgan fingerprint density at radius 1 is 1.10 bits per heavy atom. The molecule has 0 atom stereocenters. The largest absolute Gasteiger partial charge is 0.489 e. The summed E-state index contributed by atoms with van der Waals surface area (Å²) in [6.45, 7) is 4.41. The van der Waals surface area contributed by atoms with Crippen LogP contribution in [0.5, 0.6) is 5.75 Å². The van der Waals surface area contributed by atoms with Crippen LogP contribution in [0.4, 0.5) is 5.82 Å². The molecule has 3 heterocycles. The lowest BCUT2D eigenvalue weighted by Gasteiger charge is -2.11. The van der Waals surface area contributed by atoms with Gasteiger partial charge in [-0.2, -0.15) is 10.2 Å². The van der Waals surface area contributed by atoms with Gasteiger partial charge in [0.2, 0.25) is 0 Å². The summed E-state index contributed by atoms with van der Waals surface area (Å²) in [4.78, 5) is 17.3. The van der Waals surface area contributed by atoms with Gasteiger partial charge in [-0.3, -0.25) is 4.79 Å². The normalized spacial score (nSPS) is 10.8. The molecule has 3 aromatic heterocycles. The monoisotopic (exact) mass is 415 g/mol. The lowest BCUT2D eigenvalue weighted by Crippen LogP contribution is -2.13. The van der Waals surface area contributed by atoms with Gasteiger partial charge in [0.25, 0.3) is 5.91 Å². The number of anilines is 1. The Labute approximate surface area is 179 Å². The summed E-state index contributed by atoms with van der Waals surface area (Å²) in [5.41, 5.74) is 1.98. The summed E-state index contributed by atoms with van der Waals surface area (Å²) < 4.78 is 7.68. The summed E-state index contributed by atoms with van der Waals surface area (Å²) in [6.07, 6.45) is 4.91. The molecule has 0 spiro atoms. The van der Waals surface area contributed by atoms with Crippen molar-refractivity contribution in [2.24, 2.45) is 0 Å². The Kier molecular flexibility index (Phi) is 5.93. The molecule has 4 rings (SSSR count). The number of hydrogen-bond acceptors (Lipinski definition) is 7. The number of hydrogen-bond donors (Lipinski definition) is 1. The van der Waals surface area contributed by atoms with Crippen LogP contribution < -0.4 is 10.1 Å². The first-order valence-corrected chi connectivity index (χ1v) is 9.77. The van der Waals surface area contributed by atoms with Crippen LogP contribution in [0, 0.1) is 0 Å². The minimum absolute atomic E-state index is 0.190. The quantitative estimate of drug-likeness (QED) is 0.492. The van der Waals surface area contributed by atoms with Gasteiger partial charge in [0.1, 0.15) is 30.2 Å². The Balaban J connectivity index is 1.47. The van der Waals surface area contributed by atoms with Gasteiger partial charge >= 0.3 is 0 Å². The predicted octanol–water partition coefficient (Wildman–Crippen LogP) is 3.54. The van der Waals surface area contributed by atoms with Crippen molar-refractivity contribution in [1.29, 1.82) is 0 Å². The number of nitrogens with one attached hydrogen (secondary N) is 1. The Morgan fingerprint density at radius 3 is 2.77 bits per heavy atom. The van der Waals surface area contributed by atoms with Crippen LogP contribution in [0.3, 0.4) is 0 Å². The fourth-order valence-electron chi connectivity index (χ4n) is 2.92. The maximum atomic E-state index is 12.8. The van der Waals surface area contributed by atoms with Crippen molar-refractivity contribution in [3.05, 3.63) is 78.4 Å². The molecule has 0 aliphatic rings. The molecule has 0 aliphatic heterocycles. The molecular weight excluding hydrogens is 394 g/mol. The molecule has 0 bridgehead atoms. The molecule has 1 aromatic carbocycles. The van der Waals surface area contributed by atoms with Crippen LogP contribution in [-0.2, 0) is 6.61 Å². The van der Waals surface area contributed by atoms with Gasteiger partial charge in [-0.25, -0.2) is 4.98 Å². The summed E-state index contributed by atoms with van der Waals surface area (Å²) >= 11 is 0. The number of carbonyl (C=O) groups excluding carboxylic acids is 1. The fraction of sp³-hybridized carbons (Fsp3) is 0.182. The maximum Gasteiger partial charge on any atom is 0.256 e. The highest BCUT2D eigenvalue weighted by Crippen LogP contribution is 2.21. The second-order valence-corrected chi connectivity index (χ2v) is 7.08. The van der Waals surface area contributed by atoms with Crippen molar-refractivity contribution >= 4 is 11.7 Å². The van der Waals surface area contributed by atoms with Crippen molar-refractivity contribution < 1.29 is 9.53 Å². The van der Waals surface area contributed by atoms with E-state index < -0.39 is 0 Å². The number of amides is 1. The molecule has 156 valence electrons. The minimum atomic E-state index is -0.286. The Bertz CT molecular complexity index is 1180. The first-order chi connectivity index (χ1) is 15.1. The van der Waals surface area contributed by atoms with Crippen LogP contribution in [0.2, 0.25) is 0 Å². The molecular formula is C22H21N7O2. The molecule has 0 fully saturated rings. The molecule has 9 nitrogen and oxygen atoms in total. The van der Waals surface area contributed by atoms with Crippen LogP contribution in [0.25, 0.3) is 11.5 Å². The molecule has 9 heteroatoms. The van der Waals surface area contributed by atoms with E-state index >= 15 is 0 Å². The van der Waals surface area contributed by atoms with Gasteiger partial charge in [0.15, 0.2) is 5.82 Å². The van der Waals surface area contributed by atoms with Crippen LogP contribution in [0.15, 0.2) is 67.3 Å². The van der Waals surface area contributed by atoms with Gasteiger partial charge in [0, 0.05) is 23.4 Å². The average Bonchev–Trinajstić information content (AvgIpc) is 3.29. The lowest BCUT2D eigenvalue weighted by atomic mass is 10.2. The first-order valence-electron chi connectivity index (χ1n) is 9.77. The highest BCUT2D eigenvalue weighted by Gasteiger charge is 2.13. The first kappa shape index (κ1) is 20.1. The third-order valence-corrected chi connectivity index (χ3v) is 4.50. The Morgan fingerprint density at radius 2 is 1.97 bits per heavy atom. The average molecular weight is 415 g/mol. The number of nitrogens with zero attached hydrogens (tertiary/aromatic N) is 6. The second kappa shape index (κ2) is 9.12. The van der Waals surface area contributed by atoms with E-state index in [1.165, 1.54) is 0 Å². The van der Waals surface area contributed by atoms with Crippen molar-refractivity contribution in [2.75, 3.05) is 5.32 Å². The smallest absolute Gasteiger partial charge is 0.256 e. The van der Waals surface area contributed by atoms with E-state index in [2.05, 4.69) is 30.7 Å². The van der Waals surface area contributed by atoms with E-state index in [1.807, 2.05) is 36.6 Å². The second-order valence-electron chi connectivity index (χ2n) is 7.08. The van der Waals surface area contributed by atoms with Crippen LogP contribution in [-0.4, -0.2) is 35.9 Å². The number of pyridine rings is 1. The van der Waals surface area contributed by atoms with Gasteiger partial charge < -0.3 is 14.6 Å². The van der Waals surface area contributed by atoms with E-state index in [9.17, 15) is 4.79 Å². The molecule has 0 aliphatic carbocycles. The highest BCUT2D eigenvalue weighted by atomic mass is 16.5. The molecule has 0 radical (unpaired) electrons. The summed E-state index contributed by atoms with van der Waals surface area (Å²) in [6, 6.07) is 14.4. The van der Waals surface area contributed by atoms with E-state index in [-0.39, 0.29) is 11.9 Å². The molecule has 0 saturated heterocycles. The zero-order valence-corrected chi connectivity index (χ0v) is 17.1. The van der Waals surface area contributed by atoms with Crippen LogP contribution in [0.1, 0.15) is 35.8 Å². The van der Waals surface area contributed by atoms with Crippen molar-refractivity contribution in [1.82, 2.24) is 29.9 Å². The topological polar surface area (TPSA) is 108 Å². The highest BCUT2D eigenvalue weighted by molar-refractivity contribution is 6.04. The van der Waals surface area contributed by atoms with Gasteiger partial charge in [0.05, 0.1) is 6.20 Å². The predicted molar refractivity (Wildman–Crippen MR) is 114 cm³/mol. The van der Waals surface area contributed by atoms with Crippen molar-refractivity contribution in [2.45, 2.75) is 26.5 Å². The third kappa shape index (κ3) is 4.89. The summed E-state index contributed by atoms with van der Waals surface area (Å²) in [7, 11) is 0. The van der Waals surface area contributed by atoms with Gasteiger partial charge in [-0.15, -0.1) is 10.2 Å².